The second kappa shape index (κ2) is 4.28. The van der Waals surface area contributed by atoms with E-state index in [1.807, 2.05) is 0 Å². The second-order valence-corrected chi connectivity index (χ2v) is 6.83. The molecule has 16 heavy (non-hydrogen) atoms. The minimum atomic E-state index is 0. The van der Waals surface area contributed by atoms with Crippen molar-refractivity contribution < 1.29 is 5.48 Å². The summed E-state index contributed by atoms with van der Waals surface area (Å²) in [5.41, 5.74) is 1.34. The third kappa shape index (κ3) is 1.69. The normalized spacial score (nSPS) is 46.3. The standard InChI is InChI=1S/C13H22.2H3N.H2O/c1-12(2)11-5-9-4-10(6-11)8-13(12,3)7-9;;;/h9-11H,4-8H2,1-3H3;2*1H3;1H2. The smallest absolute Gasteiger partial charge is 0.0267 e. The van der Waals surface area contributed by atoms with E-state index in [1.54, 1.807) is 19.3 Å². The lowest BCUT2D eigenvalue weighted by Crippen LogP contribution is -2.56. The Morgan fingerprint density at radius 2 is 1.25 bits per heavy atom. The van der Waals surface area contributed by atoms with Crippen molar-refractivity contribution in [3.05, 3.63) is 0 Å². The van der Waals surface area contributed by atoms with Crippen molar-refractivity contribution in [2.45, 2.75) is 52.9 Å². The van der Waals surface area contributed by atoms with Crippen molar-refractivity contribution in [3.63, 3.8) is 0 Å². The summed E-state index contributed by atoms with van der Waals surface area (Å²) < 4.78 is 0. The number of rotatable bonds is 0. The fourth-order valence-corrected chi connectivity index (χ4v) is 4.86. The van der Waals surface area contributed by atoms with Crippen LogP contribution in [0, 0.1) is 28.6 Å². The Bertz CT molecular complexity index is 238. The summed E-state index contributed by atoms with van der Waals surface area (Å²) in [6, 6.07) is 0. The van der Waals surface area contributed by atoms with Gasteiger partial charge in [0.25, 0.3) is 0 Å². The molecule has 0 aliphatic heterocycles. The van der Waals surface area contributed by atoms with E-state index >= 15 is 0 Å². The maximum Gasteiger partial charge on any atom is -0.0267 e. The SMILES string of the molecule is CC12CC3CC(CC(C3)C1(C)C)C2.N.N.O. The molecule has 4 fully saturated rings. The molecule has 2 atom stereocenters. The highest BCUT2D eigenvalue weighted by molar-refractivity contribution is 5.08. The van der Waals surface area contributed by atoms with Gasteiger partial charge in [0.1, 0.15) is 0 Å². The molecule has 0 radical (unpaired) electrons. The first-order valence-corrected chi connectivity index (χ1v) is 6.01. The Balaban J connectivity index is 0.000000750. The second-order valence-electron chi connectivity index (χ2n) is 6.83. The van der Waals surface area contributed by atoms with Crippen LogP contribution in [-0.4, -0.2) is 5.48 Å². The van der Waals surface area contributed by atoms with Crippen LogP contribution in [0.1, 0.15) is 52.9 Å². The third-order valence-corrected chi connectivity index (χ3v) is 5.96. The van der Waals surface area contributed by atoms with E-state index in [4.69, 9.17) is 0 Å². The Morgan fingerprint density at radius 3 is 1.62 bits per heavy atom. The van der Waals surface area contributed by atoms with Crippen LogP contribution in [0.15, 0.2) is 0 Å². The van der Waals surface area contributed by atoms with Crippen LogP contribution in [0.25, 0.3) is 0 Å². The van der Waals surface area contributed by atoms with Crippen molar-refractivity contribution in [2.24, 2.45) is 28.6 Å². The first-order chi connectivity index (χ1) is 6.01. The molecule has 98 valence electrons. The lowest BCUT2D eigenvalue weighted by molar-refractivity contribution is -0.149. The lowest BCUT2D eigenvalue weighted by atomic mass is 9.40. The third-order valence-electron chi connectivity index (χ3n) is 5.96. The molecule has 2 unspecified atom stereocenters. The van der Waals surface area contributed by atoms with Gasteiger partial charge in [-0.15, -0.1) is 0 Å². The maximum atomic E-state index is 2.57. The van der Waals surface area contributed by atoms with Crippen molar-refractivity contribution in [3.8, 4) is 0 Å². The first-order valence-electron chi connectivity index (χ1n) is 6.01. The minimum absolute atomic E-state index is 0. The van der Waals surface area contributed by atoms with Crippen molar-refractivity contribution in [2.75, 3.05) is 0 Å². The van der Waals surface area contributed by atoms with Crippen molar-refractivity contribution in [1.82, 2.24) is 12.3 Å². The van der Waals surface area contributed by atoms with Crippen molar-refractivity contribution in [1.29, 1.82) is 0 Å². The van der Waals surface area contributed by atoms with E-state index < -0.39 is 0 Å². The monoisotopic (exact) mass is 230 g/mol. The van der Waals surface area contributed by atoms with Gasteiger partial charge in [-0.1, -0.05) is 20.8 Å². The van der Waals surface area contributed by atoms with Gasteiger partial charge < -0.3 is 17.8 Å². The van der Waals surface area contributed by atoms with Gasteiger partial charge in [0.2, 0.25) is 0 Å². The van der Waals surface area contributed by atoms with Gasteiger partial charge in [-0.05, 0) is 60.7 Å². The zero-order chi connectivity index (χ0) is 9.27. The number of hydrogen-bond acceptors (Lipinski definition) is 2. The van der Waals surface area contributed by atoms with Crippen LogP contribution < -0.4 is 12.3 Å². The summed E-state index contributed by atoms with van der Waals surface area (Å²) in [5, 5.41) is 0. The van der Waals surface area contributed by atoms with Gasteiger partial charge in [-0.25, -0.2) is 0 Å². The van der Waals surface area contributed by atoms with Crippen LogP contribution in [0.4, 0.5) is 0 Å². The molecule has 0 amide bonds. The van der Waals surface area contributed by atoms with Crippen LogP contribution in [0.3, 0.4) is 0 Å². The maximum absolute atomic E-state index is 2.57. The molecule has 3 heteroatoms. The van der Waals surface area contributed by atoms with E-state index in [0.717, 1.165) is 17.8 Å². The van der Waals surface area contributed by atoms with E-state index in [9.17, 15) is 0 Å². The summed E-state index contributed by atoms with van der Waals surface area (Å²) in [5.74, 6) is 3.27. The van der Waals surface area contributed by atoms with E-state index in [2.05, 4.69) is 20.8 Å². The molecule has 4 bridgehead atoms. The van der Waals surface area contributed by atoms with Crippen LogP contribution in [0.2, 0.25) is 0 Å². The zero-order valence-corrected chi connectivity index (χ0v) is 11.2. The molecule has 0 aromatic heterocycles. The van der Waals surface area contributed by atoms with E-state index in [0.29, 0.717) is 10.8 Å². The van der Waals surface area contributed by atoms with Gasteiger partial charge in [-0.3, -0.25) is 0 Å². The molecule has 0 aromatic carbocycles. The van der Waals surface area contributed by atoms with Crippen LogP contribution in [0.5, 0.6) is 0 Å². The molecule has 8 N–H and O–H groups in total. The lowest BCUT2D eigenvalue weighted by Gasteiger charge is -2.65. The highest BCUT2D eigenvalue weighted by atomic mass is 16.0. The molecule has 0 saturated heterocycles. The summed E-state index contributed by atoms with van der Waals surface area (Å²) >= 11 is 0. The highest BCUT2D eigenvalue weighted by Gasteiger charge is 2.58. The fourth-order valence-electron chi connectivity index (χ4n) is 4.86. The van der Waals surface area contributed by atoms with Crippen LogP contribution in [-0.2, 0) is 0 Å². The van der Waals surface area contributed by atoms with Gasteiger partial charge in [0.15, 0.2) is 0 Å². The van der Waals surface area contributed by atoms with Gasteiger partial charge in [0.05, 0.1) is 0 Å². The van der Waals surface area contributed by atoms with Gasteiger partial charge in [-0.2, -0.15) is 0 Å². The molecular weight excluding hydrogens is 200 g/mol. The highest BCUT2D eigenvalue weighted by Crippen LogP contribution is 2.67. The zero-order valence-electron chi connectivity index (χ0n) is 11.2. The summed E-state index contributed by atoms with van der Waals surface area (Å²) in [7, 11) is 0. The summed E-state index contributed by atoms with van der Waals surface area (Å²) in [4.78, 5) is 0. The predicted molar refractivity (Wildman–Crippen MR) is 69.1 cm³/mol. The van der Waals surface area contributed by atoms with E-state index in [-0.39, 0.29) is 17.8 Å². The molecule has 0 spiro atoms. The van der Waals surface area contributed by atoms with Crippen molar-refractivity contribution >= 4 is 0 Å². The average Bonchev–Trinajstić information content (AvgIpc) is 1.99. The summed E-state index contributed by atoms with van der Waals surface area (Å²) in [6.45, 7) is 7.64. The number of hydrogen-bond donors (Lipinski definition) is 2. The average molecular weight is 230 g/mol. The Kier molecular flexibility index (Phi) is 4.25. The Morgan fingerprint density at radius 1 is 0.812 bits per heavy atom. The van der Waals surface area contributed by atoms with E-state index in [1.165, 1.54) is 12.8 Å². The summed E-state index contributed by atoms with van der Waals surface area (Å²) in [6.07, 6.45) is 7.75. The molecule has 4 aliphatic rings. The largest absolute Gasteiger partial charge is 0.412 e. The molecule has 4 rings (SSSR count). The Hall–Kier alpha value is -0.120. The molecule has 4 aliphatic carbocycles. The molecule has 0 aromatic rings. The minimum Gasteiger partial charge on any atom is -0.412 e. The first kappa shape index (κ1) is 15.9. The van der Waals surface area contributed by atoms with Gasteiger partial charge in [0, 0.05) is 0 Å². The fraction of sp³-hybridized carbons (Fsp3) is 1.00. The topological polar surface area (TPSA) is 102 Å². The van der Waals surface area contributed by atoms with Crippen LogP contribution >= 0.6 is 0 Å². The molecule has 0 heterocycles. The molecule has 3 nitrogen and oxygen atoms in total. The molecular formula is C13H30N2O. The Labute approximate surface area is 99.9 Å². The molecule has 4 saturated carbocycles. The van der Waals surface area contributed by atoms with Gasteiger partial charge >= 0.3 is 0 Å². The quantitative estimate of drug-likeness (QED) is 0.666. The predicted octanol–water partition coefficient (Wildman–Crippen LogP) is 3.36.